The van der Waals surface area contributed by atoms with Gasteiger partial charge in [-0.1, -0.05) is 150 Å². The number of nitrogens with one attached hydrogen (secondary N) is 1. The van der Waals surface area contributed by atoms with Gasteiger partial charge in [0, 0.05) is 61.3 Å². The first-order valence-corrected chi connectivity index (χ1v) is 20.4. The third-order valence-electron chi connectivity index (χ3n) is 7.01. The number of carbonyl (C=O) groups is 3. The van der Waals surface area contributed by atoms with Crippen molar-refractivity contribution in [3.63, 3.8) is 0 Å². The number of nitrogens with zero attached hydrogens (tertiary/aromatic N) is 2. The van der Waals surface area contributed by atoms with Crippen LogP contribution >= 0.6 is 22.6 Å². The van der Waals surface area contributed by atoms with E-state index in [0.29, 0.717) is 42.3 Å². The standard InChI is InChI=1S/C16H23NO2.C15H23NO.C8H19N.C6H5I.CO.Pd/c1-12(2)10-17(11-13(3)4)16(19)15(18)14-8-6-5-7-9-14;1-12(2)10-16(11-13(3)4)15(17)14-8-6-5-7-9-14;1-7(2)5-9-6-8(3)4;7-6-4-2-1-3-5-6;1-2;/h5-9,12-13H,10-11H2,1-4H3;5-9,12-13H,10-11H2,1-4H3;7-9H,5-6H2,1-4H3;1-5H;;. The average Bonchev–Trinajstić information content (AvgIpc) is 3.12. The zero-order valence-electron chi connectivity index (χ0n) is 35.6. The van der Waals surface area contributed by atoms with E-state index in [1.54, 1.807) is 29.2 Å². The van der Waals surface area contributed by atoms with Crippen LogP contribution in [0.15, 0.2) is 91.0 Å². The maximum Gasteiger partial charge on any atom is 0 e. The fourth-order valence-electron chi connectivity index (χ4n) is 4.94. The number of carbonyl (C=O) groups excluding carboxylic acids is 3. The molecule has 0 radical (unpaired) electrons. The van der Waals surface area contributed by atoms with Gasteiger partial charge in [0.2, 0.25) is 5.78 Å². The van der Waals surface area contributed by atoms with Crippen LogP contribution in [-0.2, 0) is 29.9 Å². The quantitative estimate of drug-likeness (QED) is 0.0410. The number of amides is 2. The van der Waals surface area contributed by atoms with Crippen molar-refractivity contribution in [1.29, 1.82) is 0 Å². The summed E-state index contributed by atoms with van der Waals surface area (Å²) in [6, 6.07) is 28.5. The van der Waals surface area contributed by atoms with Crippen molar-refractivity contribution in [2.75, 3.05) is 39.3 Å². The van der Waals surface area contributed by atoms with Crippen molar-refractivity contribution >= 4 is 40.2 Å². The first kappa shape index (κ1) is 56.7. The van der Waals surface area contributed by atoms with E-state index in [1.165, 1.54) is 3.57 Å². The molecule has 3 rings (SSSR count). The van der Waals surface area contributed by atoms with E-state index in [2.05, 4.69) is 102 Å². The molecule has 7 nitrogen and oxygen atoms in total. The number of rotatable bonds is 15. The fourth-order valence-corrected chi connectivity index (χ4v) is 5.35. The molecule has 0 bridgehead atoms. The average molecular weight is 962 g/mol. The molecule has 0 aliphatic heterocycles. The maximum atomic E-state index is 12.3. The van der Waals surface area contributed by atoms with Gasteiger partial charge in [-0.25, -0.2) is 0 Å². The second kappa shape index (κ2) is 34.6. The Hall–Kier alpha value is -2.64. The third kappa shape index (κ3) is 31.2. The molecule has 1 N–H and O–H groups in total. The van der Waals surface area contributed by atoms with Gasteiger partial charge in [0.15, 0.2) is 0 Å². The molecule has 55 heavy (non-hydrogen) atoms. The van der Waals surface area contributed by atoms with Crippen molar-refractivity contribution in [3.8, 4) is 0 Å². The minimum absolute atomic E-state index is 0. The Morgan fingerprint density at radius 2 is 0.836 bits per heavy atom. The second-order valence-electron chi connectivity index (χ2n) is 15.8. The molecule has 2 amide bonds. The van der Waals surface area contributed by atoms with E-state index in [0.717, 1.165) is 43.6 Å². The third-order valence-corrected chi connectivity index (χ3v) is 7.72. The van der Waals surface area contributed by atoms with Gasteiger partial charge in [0.25, 0.3) is 11.8 Å². The molecule has 0 aliphatic carbocycles. The number of halogens is 1. The summed E-state index contributed by atoms with van der Waals surface area (Å²) in [6.45, 7) is 35.4. The van der Waals surface area contributed by atoms with E-state index < -0.39 is 11.7 Å². The number of benzene rings is 3. The Morgan fingerprint density at radius 3 is 1.13 bits per heavy atom. The van der Waals surface area contributed by atoms with Gasteiger partial charge in [0.1, 0.15) is 0 Å². The minimum atomic E-state index is -0.415. The Labute approximate surface area is 362 Å². The molecule has 0 atom stereocenters. The van der Waals surface area contributed by atoms with Crippen molar-refractivity contribution in [2.45, 2.75) is 83.1 Å². The minimum Gasteiger partial charge on any atom is 0 e. The molecule has 3 aromatic rings. The van der Waals surface area contributed by atoms with Crippen molar-refractivity contribution < 1.29 is 39.5 Å². The van der Waals surface area contributed by atoms with Crippen molar-refractivity contribution in [1.82, 2.24) is 15.1 Å². The number of hydrogen-bond donors (Lipinski definition) is 1. The SMILES string of the molecule is CC(C)CN(CC(C)C)C(=O)C(=O)c1ccccc1.CC(C)CN(CC(C)C)C(=O)c1ccccc1.CC(C)CNCC(C)C.Ic1ccccc1.[C-]#[O+].[Pd]. The summed E-state index contributed by atoms with van der Waals surface area (Å²) in [5.41, 5.74) is 1.25. The van der Waals surface area contributed by atoms with Crippen molar-refractivity contribution in [3.05, 3.63) is 112 Å². The second-order valence-corrected chi connectivity index (χ2v) is 17.0. The zero-order valence-corrected chi connectivity index (χ0v) is 39.3. The Balaban J connectivity index is -0.000000683. The monoisotopic (exact) mass is 961 g/mol. The molecule has 0 fully saturated rings. The molecular formula is C46H70IN3O4Pd. The summed E-state index contributed by atoms with van der Waals surface area (Å²) in [5.74, 6) is 2.61. The van der Waals surface area contributed by atoms with Crippen LogP contribution in [0.5, 0.6) is 0 Å². The fraction of sp³-hybridized carbons (Fsp3) is 0.522. The summed E-state index contributed by atoms with van der Waals surface area (Å²) in [6.07, 6.45) is 0. The van der Waals surface area contributed by atoms with Gasteiger partial charge < -0.3 is 15.1 Å². The van der Waals surface area contributed by atoms with Crippen molar-refractivity contribution in [2.24, 2.45) is 35.5 Å². The Morgan fingerprint density at radius 1 is 0.527 bits per heavy atom. The topological polar surface area (TPSA) is 89.6 Å². The molecule has 0 aliphatic rings. The van der Waals surface area contributed by atoms with Gasteiger partial charge in [-0.15, -0.1) is 0 Å². The van der Waals surface area contributed by atoms with Gasteiger partial charge >= 0.3 is 11.3 Å². The predicted molar refractivity (Wildman–Crippen MR) is 235 cm³/mol. The summed E-state index contributed by atoms with van der Waals surface area (Å²) in [4.78, 5) is 40.4. The van der Waals surface area contributed by atoms with Gasteiger partial charge in [-0.2, -0.15) is 0 Å². The molecular weight excluding hydrogens is 892 g/mol. The molecule has 9 heteroatoms. The largest absolute Gasteiger partial charge is 0 e. The Bertz CT molecular complexity index is 1370. The summed E-state index contributed by atoms with van der Waals surface area (Å²) in [7, 11) is 0. The van der Waals surface area contributed by atoms with Crippen LogP contribution in [0, 0.1) is 45.7 Å². The van der Waals surface area contributed by atoms with Crippen LogP contribution in [0.4, 0.5) is 0 Å². The molecule has 0 aromatic heterocycles. The van der Waals surface area contributed by atoms with Crippen LogP contribution in [0.2, 0.25) is 0 Å². The number of Topliss-reactive ketones (excluding diaryl/α,β-unsaturated/α-hetero) is 1. The van der Waals surface area contributed by atoms with E-state index >= 15 is 0 Å². The van der Waals surface area contributed by atoms with Crippen LogP contribution < -0.4 is 5.32 Å². The molecule has 0 unspecified atom stereocenters. The molecule has 0 spiro atoms. The van der Waals surface area contributed by atoms with E-state index in [-0.39, 0.29) is 26.3 Å². The van der Waals surface area contributed by atoms with E-state index in [4.69, 9.17) is 4.65 Å². The normalized spacial score (nSPS) is 10.1. The number of ketones is 1. The van der Waals surface area contributed by atoms with Crippen LogP contribution in [0.1, 0.15) is 104 Å². The van der Waals surface area contributed by atoms with Crippen LogP contribution in [-0.4, -0.2) is 66.7 Å². The van der Waals surface area contributed by atoms with Gasteiger partial charge in [0.05, 0.1) is 0 Å². The zero-order chi connectivity index (χ0) is 41.6. The number of hydrogen-bond acceptors (Lipinski definition) is 4. The molecule has 0 heterocycles. The van der Waals surface area contributed by atoms with Crippen LogP contribution in [0.25, 0.3) is 0 Å². The molecule has 0 saturated carbocycles. The first-order valence-electron chi connectivity index (χ1n) is 19.3. The molecule has 0 saturated heterocycles. The summed E-state index contributed by atoms with van der Waals surface area (Å²) >= 11 is 2.28. The smallest absolute Gasteiger partial charge is 0 e. The predicted octanol–water partition coefficient (Wildman–Crippen LogP) is 10.6. The van der Waals surface area contributed by atoms with Gasteiger partial charge in [-0.3, -0.25) is 14.4 Å². The van der Waals surface area contributed by atoms with Crippen LogP contribution in [0.3, 0.4) is 0 Å². The summed E-state index contributed by atoms with van der Waals surface area (Å²) in [5, 5.41) is 3.38. The maximum absolute atomic E-state index is 12.3. The first-order chi connectivity index (χ1) is 25.4. The Kier molecular flexibility index (Phi) is 35.7. The van der Waals surface area contributed by atoms with Gasteiger partial charge in [-0.05, 0) is 95.5 Å². The molecule has 3 aromatic carbocycles. The summed E-state index contributed by atoms with van der Waals surface area (Å²) < 4.78 is 8.79. The van der Waals surface area contributed by atoms with E-state index in [9.17, 15) is 14.4 Å². The van der Waals surface area contributed by atoms with E-state index in [1.807, 2.05) is 87.2 Å². The molecule has 310 valence electrons.